The number of anilines is 1. The molecule has 25 heavy (non-hydrogen) atoms. The Labute approximate surface area is 153 Å². The first-order chi connectivity index (χ1) is 12.2. The average Bonchev–Trinajstić information content (AvgIpc) is 3.11. The van der Waals surface area contributed by atoms with E-state index in [0.717, 1.165) is 25.1 Å². The Balaban J connectivity index is 1.35. The van der Waals surface area contributed by atoms with Gasteiger partial charge in [0, 0.05) is 30.3 Å². The van der Waals surface area contributed by atoms with Crippen LogP contribution in [0.1, 0.15) is 12.0 Å². The van der Waals surface area contributed by atoms with Gasteiger partial charge in [0.25, 0.3) is 0 Å². The molecule has 1 atom stereocenters. The van der Waals surface area contributed by atoms with Gasteiger partial charge in [0.05, 0.1) is 6.61 Å². The van der Waals surface area contributed by atoms with Crippen molar-refractivity contribution in [3.63, 3.8) is 0 Å². The fourth-order valence-electron chi connectivity index (χ4n) is 3.05. The van der Waals surface area contributed by atoms with Crippen LogP contribution < -0.4 is 10.2 Å². The number of hydrogen-bond donors (Lipinski definition) is 1. The zero-order valence-electron chi connectivity index (χ0n) is 14.2. The zero-order chi connectivity index (χ0) is 17.5. The molecule has 1 aliphatic heterocycles. The molecule has 0 bridgehead atoms. The molecule has 5 heteroatoms. The van der Waals surface area contributed by atoms with Crippen LogP contribution in [-0.4, -0.2) is 32.1 Å². The lowest BCUT2D eigenvalue weighted by atomic mass is 10.1. The van der Waals surface area contributed by atoms with E-state index in [1.807, 2.05) is 30.3 Å². The number of amides is 1. The third-order valence-electron chi connectivity index (χ3n) is 4.44. The molecule has 1 heterocycles. The molecule has 1 fully saturated rings. The highest BCUT2D eigenvalue weighted by Gasteiger charge is 2.22. The lowest BCUT2D eigenvalue weighted by Crippen LogP contribution is -2.33. The van der Waals surface area contributed by atoms with Crippen molar-refractivity contribution >= 4 is 23.2 Å². The van der Waals surface area contributed by atoms with Crippen LogP contribution >= 0.6 is 11.6 Å². The SMILES string of the molecule is O=C(COCc1ccccc1Cl)NC[C@H]1CCN(c2ccccc2)C1. The molecule has 1 aliphatic rings. The second-order valence-electron chi connectivity index (χ2n) is 6.32. The zero-order valence-corrected chi connectivity index (χ0v) is 14.9. The Morgan fingerprint density at radius 1 is 1.16 bits per heavy atom. The maximum Gasteiger partial charge on any atom is 0.246 e. The Kier molecular flexibility index (Phi) is 6.31. The highest BCUT2D eigenvalue weighted by molar-refractivity contribution is 6.31. The quantitative estimate of drug-likeness (QED) is 0.823. The number of carbonyl (C=O) groups is 1. The largest absolute Gasteiger partial charge is 0.371 e. The number of halogens is 1. The Morgan fingerprint density at radius 3 is 2.72 bits per heavy atom. The normalized spacial score (nSPS) is 16.8. The molecule has 0 saturated carbocycles. The first kappa shape index (κ1) is 17.8. The summed E-state index contributed by atoms with van der Waals surface area (Å²) in [5.41, 5.74) is 2.14. The molecule has 3 rings (SSSR count). The van der Waals surface area contributed by atoms with Gasteiger partial charge in [0.2, 0.25) is 5.91 Å². The van der Waals surface area contributed by atoms with Crippen LogP contribution in [0.2, 0.25) is 5.02 Å². The van der Waals surface area contributed by atoms with E-state index in [1.54, 1.807) is 0 Å². The summed E-state index contributed by atoms with van der Waals surface area (Å²) in [6, 6.07) is 17.9. The molecule has 2 aromatic carbocycles. The van der Waals surface area contributed by atoms with Crippen LogP contribution in [0.15, 0.2) is 54.6 Å². The number of nitrogens with zero attached hydrogens (tertiary/aromatic N) is 1. The van der Waals surface area contributed by atoms with Crippen LogP contribution in [0, 0.1) is 5.92 Å². The highest BCUT2D eigenvalue weighted by Crippen LogP contribution is 2.22. The number of nitrogens with one attached hydrogen (secondary N) is 1. The van der Waals surface area contributed by atoms with Gasteiger partial charge in [0.1, 0.15) is 6.61 Å². The third kappa shape index (κ3) is 5.21. The minimum atomic E-state index is -0.0785. The molecule has 1 amide bonds. The fourth-order valence-corrected chi connectivity index (χ4v) is 3.24. The standard InChI is InChI=1S/C20H23ClN2O2/c21-19-9-5-4-6-17(19)14-25-15-20(24)22-12-16-10-11-23(13-16)18-7-2-1-3-8-18/h1-9,16H,10-15H2,(H,22,24)/t16-/m1/s1. The minimum Gasteiger partial charge on any atom is -0.371 e. The molecule has 0 spiro atoms. The first-order valence-electron chi connectivity index (χ1n) is 8.60. The van der Waals surface area contributed by atoms with Crippen LogP contribution in [-0.2, 0) is 16.1 Å². The fraction of sp³-hybridized carbons (Fsp3) is 0.350. The average molecular weight is 359 g/mol. The lowest BCUT2D eigenvalue weighted by molar-refractivity contribution is -0.126. The van der Waals surface area contributed by atoms with Crippen LogP contribution in [0.4, 0.5) is 5.69 Å². The van der Waals surface area contributed by atoms with Crippen LogP contribution in [0.3, 0.4) is 0 Å². The lowest BCUT2D eigenvalue weighted by Gasteiger charge is -2.18. The Hall–Kier alpha value is -2.04. The van der Waals surface area contributed by atoms with Crippen molar-refractivity contribution in [2.75, 3.05) is 31.1 Å². The van der Waals surface area contributed by atoms with Crippen molar-refractivity contribution < 1.29 is 9.53 Å². The summed E-state index contributed by atoms with van der Waals surface area (Å²) < 4.78 is 5.46. The number of hydrogen-bond acceptors (Lipinski definition) is 3. The van der Waals surface area contributed by atoms with E-state index in [4.69, 9.17) is 16.3 Å². The molecular formula is C20H23ClN2O2. The van der Waals surface area contributed by atoms with E-state index >= 15 is 0 Å². The van der Waals surface area contributed by atoms with Gasteiger partial charge in [-0.3, -0.25) is 4.79 Å². The van der Waals surface area contributed by atoms with Crippen LogP contribution in [0.25, 0.3) is 0 Å². The molecule has 0 aliphatic carbocycles. The second-order valence-corrected chi connectivity index (χ2v) is 6.73. The van der Waals surface area contributed by atoms with Crippen molar-refractivity contribution in [3.05, 3.63) is 65.2 Å². The van der Waals surface area contributed by atoms with Gasteiger partial charge in [-0.05, 0) is 36.1 Å². The molecule has 0 unspecified atom stereocenters. The van der Waals surface area contributed by atoms with E-state index in [9.17, 15) is 4.79 Å². The van der Waals surface area contributed by atoms with Crippen molar-refractivity contribution in [2.45, 2.75) is 13.0 Å². The predicted octanol–water partition coefficient (Wildman–Crippen LogP) is 3.50. The van der Waals surface area contributed by atoms with Crippen molar-refractivity contribution in [1.82, 2.24) is 5.32 Å². The van der Waals surface area contributed by atoms with Gasteiger partial charge < -0.3 is 15.0 Å². The summed E-state index contributed by atoms with van der Waals surface area (Å²) in [7, 11) is 0. The second kappa shape index (κ2) is 8.88. The molecule has 1 saturated heterocycles. The molecule has 1 N–H and O–H groups in total. The number of benzene rings is 2. The number of carbonyl (C=O) groups excluding carboxylic acids is 1. The Morgan fingerprint density at radius 2 is 1.92 bits per heavy atom. The molecular weight excluding hydrogens is 336 g/mol. The summed E-state index contributed by atoms with van der Waals surface area (Å²) in [4.78, 5) is 14.3. The predicted molar refractivity (Wildman–Crippen MR) is 101 cm³/mol. The number of para-hydroxylation sites is 1. The van der Waals surface area contributed by atoms with Gasteiger partial charge in [-0.15, -0.1) is 0 Å². The van der Waals surface area contributed by atoms with E-state index < -0.39 is 0 Å². The first-order valence-corrected chi connectivity index (χ1v) is 8.98. The van der Waals surface area contributed by atoms with E-state index in [0.29, 0.717) is 24.1 Å². The monoisotopic (exact) mass is 358 g/mol. The summed E-state index contributed by atoms with van der Waals surface area (Å²) >= 11 is 6.07. The molecule has 0 aromatic heterocycles. The Bertz CT molecular complexity index is 693. The third-order valence-corrected chi connectivity index (χ3v) is 4.81. The van der Waals surface area contributed by atoms with E-state index in [-0.39, 0.29) is 12.5 Å². The van der Waals surface area contributed by atoms with Crippen molar-refractivity contribution in [2.24, 2.45) is 5.92 Å². The van der Waals surface area contributed by atoms with E-state index in [1.165, 1.54) is 5.69 Å². The summed E-state index contributed by atoms with van der Waals surface area (Å²) in [6.45, 7) is 3.11. The summed E-state index contributed by atoms with van der Waals surface area (Å²) in [5, 5.41) is 3.64. The number of rotatable bonds is 7. The minimum absolute atomic E-state index is 0.0559. The van der Waals surface area contributed by atoms with Crippen molar-refractivity contribution in [1.29, 1.82) is 0 Å². The molecule has 0 radical (unpaired) electrons. The summed E-state index contributed by atoms with van der Waals surface area (Å²) in [5.74, 6) is 0.401. The summed E-state index contributed by atoms with van der Waals surface area (Å²) in [6.07, 6.45) is 1.09. The van der Waals surface area contributed by atoms with Gasteiger partial charge >= 0.3 is 0 Å². The van der Waals surface area contributed by atoms with E-state index in [2.05, 4.69) is 34.5 Å². The van der Waals surface area contributed by atoms with Gasteiger partial charge in [0.15, 0.2) is 0 Å². The number of ether oxygens (including phenoxy) is 1. The topological polar surface area (TPSA) is 41.6 Å². The smallest absolute Gasteiger partial charge is 0.246 e. The molecule has 2 aromatic rings. The van der Waals surface area contributed by atoms with Gasteiger partial charge in [-0.2, -0.15) is 0 Å². The van der Waals surface area contributed by atoms with Crippen LogP contribution in [0.5, 0.6) is 0 Å². The molecule has 132 valence electrons. The maximum atomic E-state index is 11.9. The van der Waals surface area contributed by atoms with Crippen molar-refractivity contribution in [3.8, 4) is 0 Å². The molecule has 4 nitrogen and oxygen atoms in total. The maximum absolute atomic E-state index is 11.9. The highest BCUT2D eigenvalue weighted by atomic mass is 35.5. The van der Waals surface area contributed by atoms with Gasteiger partial charge in [-0.25, -0.2) is 0 Å². The van der Waals surface area contributed by atoms with Gasteiger partial charge in [-0.1, -0.05) is 48.0 Å².